The number of pyridine rings is 1. The van der Waals surface area contributed by atoms with Crippen molar-refractivity contribution in [2.45, 2.75) is 25.4 Å². The molecule has 4 aromatic rings. The van der Waals surface area contributed by atoms with Crippen molar-refractivity contribution in [2.24, 2.45) is 0 Å². The van der Waals surface area contributed by atoms with E-state index in [1.807, 2.05) is 30.5 Å². The normalized spacial score (nSPS) is 15.3. The fraction of sp³-hybridized carbons (Fsp3) is 0.208. The van der Waals surface area contributed by atoms with Gasteiger partial charge in [0.05, 0.1) is 11.8 Å². The van der Waals surface area contributed by atoms with Crippen LogP contribution in [0.4, 0.5) is 25.8 Å². The number of halogens is 2. The average Bonchev–Trinajstić information content (AvgIpc) is 3.35. The number of hydrogen-bond acceptors (Lipinski definition) is 4. The van der Waals surface area contributed by atoms with E-state index in [2.05, 4.69) is 20.6 Å². The number of fused-ring (bicyclic) bond motifs is 2. The van der Waals surface area contributed by atoms with Crippen LogP contribution in [0.1, 0.15) is 29.3 Å². The van der Waals surface area contributed by atoms with Gasteiger partial charge in [-0.1, -0.05) is 18.2 Å². The maximum absolute atomic E-state index is 14.7. The average molecular weight is 420 g/mol. The zero-order valence-corrected chi connectivity index (χ0v) is 16.8. The van der Waals surface area contributed by atoms with E-state index in [1.165, 1.54) is 12.1 Å². The summed E-state index contributed by atoms with van der Waals surface area (Å²) in [4.78, 5) is 7.42. The van der Waals surface area contributed by atoms with Crippen molar-refractivity contribution in [3.8, 4) is 0 Å². The standard InChI is InChI=1S/C24H22F2N4O/c25-18-11-15(30-21-8-10-27-23-17(21)5-6-22(23)31)12-19(26)24(18)28-9-7-14-13-29-20-4-2-1-3-16(14)20/h1-4,8,10-13,22,28-29,31H,5-7,9H2,(H,27,30). The Bertz CT molecular complexity index is 1230. The van der Waals surface area contributed by atoms with Crippen LogP contribution in [0.25, 0.3) is 10.9 Å². The van der Waals surface area contributed by atoms with Crippen molar-refractivity contribution >= 4 is 28.0 Å². The van der Waals surface area contributed by atoms with Crippen LogP contribution in [-0.4, -0.2) is 21.6 Å². The lowest BCUT2D eigenvalue weighted by Gasteiger charge is -2.14. The van der Waals surface area contributed by atoms with Crippen LogP contribution in [-0.2, 0) is 12.8 Å². The molecule has 31 heavy (non-hydrogen) atoms. The number of H-pyrrole nitrogens is 1. The summed E-state index contributed by atoms with van der Waals surface area (Å²) in [7, 11) is 0. The molecule has 0 amide bonds. The summed E-state index contributed by atoms with van der Waals surface area (Å²) < 4.78 is 29.3. The van der Waals surface area contributed by atoms with Crippen LogP contribution >= 0.6 is 0 Å². The van der Waals surface area contributed by atoms with Gasteiger partial charge in [0.2, 0.25) is 0 Å². The van der Waals surface area contributed by atoms with E-state index in [-0.39, 0.29) is 5.69 Å². The minimum atomic E-state index is -0.660. The van der Waals surface area contributed by atoms with Gasteiger partial charge in [-0.2, -0.15) is 0 Å². The molecule has 0 saturated carbocycles. The lowest BCUT2D eigenvalue weighted by Crippen LogP contribution is -2.09. The molecule has 5 rings (SSSR count). The number of aliphatic hydroxyl groups is 1. The van der Waals surface area contributed by atoms with Crippen molar-refractivity contribution < 1.29 is 13.9 Å². The molecule has 158 valence electrons. The molecule has 2 heterocycles. The SMILES string of the molecule is OC1CCc2c(Nc3cc(F)c(NCCc4c[nH]c5ccccc45)c(F)c3)ccnc21. The second-order valence-corrected chi connectivity index (χ2v) is 7.75. The molecule has 1 unspecified atom stereocenters. The molecule has 0 saturated heterocycles. The number of nitrogens with one attached hydrogen (secondary N) is 3. The molecule has 5 nitrogen and oxygen atoms in total. The molecule has 1 atom stereocenters. The minimum absolute atomic E-state index is 0.138. The third kappa shape index (κ3) is 3.72. The Kier molecular flexibility index (Phi) is 5.03. The Hall–Kier alpha value is -3.45. The van der Waals surface area contributed by atoms with Crippen molar-refractivity contribution in [3.63, 3.8) is 0 Å². The van der Waals surface area contributed by atoms with Crippen LogP contribution in [0, 0.1) is 11.6 Å². The van der Waals surface area contributed by atoms with E-state index in [0.717, 1.165) is 22.0 Å². The Morgan fingerprint density at radius 2 is 1.94 bits per heavy atom. The molecular formula is C24H22F2N4O. The second-order valence-electron chi connectivity index (χ2n) is 7.75. The number of hydrogen-bond donors (Lipinski definition) is 4. The van der Waals surface area contributed by atoms with Crippen LogP contribution in [0.2, 0.25) is 0 Å². The number of benzene rings is 2. The van der Waals surface area contributed by atoms with Gasteiger partial charge in [-0.3, -0.25) is 4.98 Å². The van der Waals surface area contributed by atoms with Crippen LogP contribution < -0.4 is 10.6 Å². The maximum atomic E-state index is 14.7. The predicted molar refractivity (Wildman–Crippen MR) is 118 cm³/mol. The molecule has 2 aromatic carbocycles. The first-order valence-electron chi connectivity index (χ1n) is 10.3. The van der Waals surface area contributed by atoms with Crippen molar-refractivity contribution in [3.05, 3.63) is 83.3 Å². The smallest absolute Gasteiger partial charge is 0.151 e. The third-order valence-corrected chi connectivity index (χ3v) is 5.76. The van der Waals surface area contributed by atoms with Crippen LogP contribution in [0.5, 0.6) is 0 Å². The van der Waals surface area contributed by atoms with Gasteiger partial charge in [0.15, 0.2) is 11.6 Å². The topological polar surface area (TPSA) is 73.0 Å². The maximum Gasteiger partial charge on any atom is 0.151 e. The molecule has 2 aromatic heterocycles. The number of aliphatic hydroxyl groups excluding tert-OH is 1. The summed E-state index contributed by atoms with van der Waals surface area (Å²) in [6.45, 7) is 0.401. The van der Waals surface area contributed by atoms with Gasteiger partial charge in [-0.05, 0) is 54.7 Å². The van der Waals surface area contributed by atoms with Gasteiger partial charge < -0.3 is 20.7 Å². The predicted octanol–water partition coefficient (Wildman–Crippen LogP) is 5.22. The molecule has 0 fully saturated rings. The Balaban J connectivity index is 1.30. The van der Waals surface area contributed by atoms with E-state index in [9.17, 15) is 13.9 Å². The summed E-state index contributed by atoms with van der Waals surface area (Å²) in [6, 6.07) is 12.2. The van der Waals surface area contributed by atoms with Crippen molar-refractivity contribution in [2.75, 3.05) is 17.2 Å². The van der Waals surface area contributed by atoms with Crippen molar-refractivity contribution in [1.29, 1.82) is 0 Å². The van der Waals surface area contributed by atoms with Gasteiger partial charge in [0.1, 0.15) is 5.69 Å². The fourth-order valence-corrected chi connectivity index (χ4v) is 4.22. The molecule has 0 radical (unpaired) electrons. The lowest BCUT2D eigenvalue weighted by molar-refractivity contribution is 0.176. The Labute approximate surface area is 178 Å². The molecule has 0 aliphatic heterocycles. The van der Waals surface area contributed by atoms with Crippen LogP contribution in [0.15, 0.2) is 54.9 Å². The summed E-state index contributed by atoms with van der Waals surface area (Å²) in [6.07, 6.45) is 4.83. The van der Waals surface area contributed by atoms with Gasteiger partial charge in [-0.25, -0.2) is 8.78 Å². The summed E-state index contributed by atoms with van der Waals surface area (Å²) >= 11 is 0. The first-order chi connectivity index (χ1) is 15.1. The number of aromatic amines is 1. The second kappa shape index (κ2) is 8.00. The van der Waals surface area contributed by atoms with Gasteiger partial charge >= 0.3 is 0 Å². The summed E-state index contributed by atoms with van der Waals surface area (Å²) in [5.41, 5.74) is 4.53. The Morgan fingerprint density at radius 3 is 2.77 bits per heavy atom. The fourth-order valence-electron chi connectivity index (χ4n) is 4.22. The molecule has 0 bridgehead atoms. The summed E-state index contributed by atoms with van der Waals surface area (Å²) in [5.74, 6) is -1.32. The highest BCUT2D eigenvalue weighted by molar-refractivity contribution is 5.83. The van der Waals surface area contributed by atoms with Crippen molar-refractivity contribution in [1.82, 2.24) is 9.97 Å². The monoisotopic (exact) mass is 420 g/mol. The molecule has 4 N–H and O–H groups in total. The van der Waals surface area contributed by atoms with E-state index >= 15 is 0 Å². The highest BCUT2D eigenvalue weighted by atomic mass is 19.1. The first kappa shape index (κ1) is 19.5. The molecule has 1 aliphatic carbocycles. The molecular weight excluding hydrogens is 398 g/mol. The number of aromatic nitrogens is 2. The van der Waals surface area contributed by atoms with Gasteiger partial charge in [0.25, 0.3) is 0 Å². The van der Waals surface area contributed by atoms with E-state index < -0.39 is 17.7 Å². The van der Waals surface area contributed by atoms with Crippen LogP contribution in [0.3, 0.4) is 0 Å². The number of rotatable bonds is 6. The quantitative estimate of drug-likeness (QED) is 0.345. The molecule has 0 spiro atoms. The lowest BCUT2D eigenvalue weighted by atomic mass is 10.1. The third-order valence-electron chi connectivity index (χ3n) is 5.76. The molecule has 1 aliphatic rings. The highest BCUT2D eigenvalue weighted by Crippen LogP contribution is 2.35. The van der Waals surface area contributed by atoms with E-state index in [4.69, 9.17) is 0 Å². The van der Waals surface area contributed by atoms with E-state index in [0.29, 0.717) is 42.9 Å². The summed E-state index contributed by atoms with van der Waals surface area (Å²) in [5, 5.41) is 17.1. The zero-order chi connectivity index (χ0) is 21.4. The van der Waals surface area contributed by atoms with Gasteiger partial charge in [0, 0.05) is 41.2 Å². The number of para-hydroxylation sites is 1. The highest BCUT2D eigenvalue weighted by Gasteiger charge is 2.24. The van der Waals surface area contributed by atoms with Gasteiger partial charge in [-0.15, -0.1) is 0 Å². The van der Waals surface area contributed by atoms with E-state index in [1.54, 1.807) is 12.3 Å². The minimum Gasteiger partial charge on any atom is -0.387 e. The number of nitrogens with zero attached hydrogens (tertiary/aromatic N) is 1. The molecule has 7 heteroatoms. The largest absolute Gasteiger partial charge is 0.387 e. The zero-order valence-electron chi connectivity index (χ0n) is 16.8. The first-order valence-corrected chi connectivity index (χ1v) is 10.3. The Morgan fingerprint density at radius 1 is 1.13 bits per heavy atom. The number of anilines is 3.